The maximum atomic E-state index is 12.1. The molecule has 0 aliphatic rings. The highest BCUT2D eigenvalue weighted by molar-refractivity contribution is 5.93. The van der Waals surface area contributed by atoms with Crippen LogP contribution in [0.2, 0.25) is 0 Å². The first-order valence-corrected chi connectivity index (χ1v) is 8.68. The van der Waals surface area contributed by atoms with Crippen LogP contribution in [-0.4, -0.2) is 36.1 Å². The molecule has 1 unspecified atom stereocenters. The number of pyridine rings is 1. The van der Waals surface area contributed by atoms with Crippen molar-refractivity contribution in [1.82, 2.24) is 10.3 Å². The summed E-state index contributed by atoms with van der Waals surface area (Å²) < 4.78 is 10.4. The quantitative estimate of drug-likeness (QED) is 0.699. The van der Waals surface area contributed by atoms with Crippen molar-refractivity contribution in [2.75, 3.05) is 13.2 Å². The number of carbonyl (C=O) groups excluding carboxylic acids is 2. The molecule has 0 spiro atoms. The summed E-state index contributed by atoms with van der Waals surface area (Å²) in [6.07, 6.45) is 3.21. The third-order valence-corrected chi connectivity index (χ3v) is 3.72. The fourth-order valence-corrected chi connectivity index (χ4v) is 2.42. The van der Waals surface area contributed by atoms with Gasteiger partial charge < -0.3 is 14.8 Å². The van der Waals surface area contributed by atoms with Crippen LogP contribution in [0.4, 0.5) is 0 Å². The molecule has 1 N–H and O–H groups in total. The molecule has 26 heavy (non-hydrogen) atoms. The Balaban J connectivity index is 1.76. The Morgan fingerprint density at radius 3 is 2.65 bits per heavy atom. The lowest BCUT2D eigenvalue weighted by Crippen LogP contribution is -2.36. The third-order valence-electron chi connectivity index (χ3n) is 3.72. The van der Waals surface area contributed by atoms with Crippen molar-refractivity contribution in [1.29, 1.82) is 0 Å². The smallest absolute Gasteiger partial charge is 0.344 e. The number of rotatable bonds is 9. The number of nitrogens with zero attached hydrogens (tertiary/aromatic N) is 1. The molecule has 0 bridgehead atoms. The monoisotopic (exact) mass is 356 g/mol. The van der Waals surface area contributed by atoms with Crippen LogP contribution < -0.4 is 10.1 Å². The molecule has 2 rings (SSSR count). The van der Waals surface area contributed by atoms with Crippen LogP contribution in [0.1, 0.15) is 36.2 Å². The molecule has 0 fully saturated rings. The lowest BCUT2D eigenvalue weighted by Gasteiger charge is -2.14. The first kappa shape index (κ1) is 19.4. The normalized spacial score (nSPS) is 11.5. The molecule has 0 aliphatic heterocycles. The fourth-order valence-electron chi connectivity index (χ4n) is 2.42. The number of hydrogen-bond donors (Lipinski definition) is 1. The molecule has 6 heteroatoms. The van der Waals surface area contributed by atoms with Crippen LogP contribution in [0.5, 0.6) is 5.88 Å². The number of nitrogens with one attached hydrogen (secondary N) is 1. The Bertz CT molecular complexity index is 719. The van der Waals surface area contributed by atoms with Gasteiger partial charge >= 0.3 is 5.97 Å². The minimum atomic E-state index is -0.631. The van der Waals surface area contributed by atoms with Crippen LogP contribution in [-0.2, 0) is 16.0 Å². The van der Waals surface area contributed by atoms with E-state index in [1.54, 1.807) is 19.1 Å². The zero-order valence-electron chi connectivity index (χ0n) is 15.1. The number of esters is 1. The standard InChI is InChI=1S/C20H24N2O4/c1-3-25-19-17(10-7-13-21-19)20(24)26-14-18(23)22-15(2)11-12-16-8-5-4-6-9-16/h4-10,13,15H,3,11-12,14H2,1-2H3,(H,22,23). The molecular weight excluding hydrogens is 332 g/mol. The predicted octanol–water partition coefficient (Wildman–Crippen LogP) is 2.77. The SMILES string of the molecule is CCOc1ncccc1C(=O)OCC(=O)NC(C)CCc1ccccc1. The average Bonchev–Trinajstić information content (AvgIpc) is 2.66. The van der Waals surface area contributed by atoms with E-state index in [1.165, 1.54) is 11.8 Å². The highest BCUT2D eigenvalue weighted by Crippen LogP contribution is 2.15. The van der Waals surface area contributed by atoms with Gasteiger partial charge in [-0.15, -0.1) is 0 Å². The van der Waals surface area contributed by atoms with Crippen molar-refractivity contribution in [2.24, 2.45) is 0 Å². The van der Waals surface area contributed by atoms with Gasteiger partial charge in [0.05, 0.1) is 6.61 Å². The molecular formula is C20H24N2O4. The van der Waals surface area contributed by atoms with Gasteiger partial charge in [-0.2, -0.15) is 0 Å². The molecule has 0 radical (unpaired) electrons. The molecule has 138 valence electrons. The van der Waals surface area contributed by atoms with Gasteiger partial charge in [0, 0.05) is 12.2 Å². The van der Waals surface area contributed by atoms with E-state index >= 15 is 0 Å². The number of amides is 1. The number of ether oxygens (including phenoxy) is 2. The summed E-state index contributed by atoms with van der Waals surface area (Å²) in [6.45, 7) is 3.77. The molecule has 0 saturated carbocycles. The summed E-state index contributed by atoms with van der Waals surface area (Å²) in [6, 6.07) is 13.2. The van der Waals surface area contributed by atoms with Crippen LogP contribution in [0, 0.1) is 0 Å². The van der Waals surface area contributed by atoms with Gasteiger partial charge in [0.25, 0.3) is 5.91 Å². The zero-order valence-corrected chi connectivity index (χ0v) is 15.1. The minimum Gasteiger partial charge on any atom is -0.477 e. The first-order chi connectivity index (χ1) is 12.6. The van der Waals surface area contributed by atoms with Gasteiger partial charge in [0.1, 0.15) is 5.56 Å². The lowest BCUT2D eigenvalue weighted by atomic mass is 10.1. The summed E-state index contributed by atoms with van der Waals surface area (Å²) in [7, 11) is 0. The second-order valence-electron chi connectivity index (χ2n) is 5.86. The highest BCUT2D eigenvalue weighted by Gasteiger charge is 2.17. The summed E-state index contributed by atoms with van der Waals surface area (Å²) >= 11 is 0. The predicted molar refractivity (Wildman–Crippen MR) is 98.1 cm³/mol. The van der Waals surface area contributed by atoms with Gasteiger partial charge in [0.15, 0.2) is 6.61 Å². The van der Waals surface area contributed by atoms with Gasteiger partial charge in [-0.05, 0) is 44.4 Å². The second kappa shape index (κ2) is 10.2. The summed E-state index contributed by atoms with van der Waals surface area (Å²) in [5, 5.41) is 2.83. The molecule has 1 aromatic heterocycles. The van der Waals surface area contributed by atoms with E-state index in [4.69, 9.17) is 9.47 Å². The van der Waals surface area contributed by atoms with E-state index in [2.05, 4.69) is 22.4 Å². The molecule has 0 saturated heterocycles. The topological polar surface area (TPSA) is 77.5 Å². The molecule has 1 heterocycles. The maximum Gasteiger partial charge on any atom is 0.344 e. The number of benzene rings is 1. The summed E-state index contributed by atoms with van der Waals surface area (Å²) in [4.78, 5) is 28.1. The van der Waals surface area contributed by atoms with Crippen molar-refractivity contribution in [3.63, 3.8) is 0 Å². The average molecular weight is 356 g/mol. The van der Waals surface area contributed by atoms with E-state index in [-0.39, 0.29) is 30.0 Å². The van der Waals surface area contributed by atoms with Crippen molar-refractivity contribution in [3.05, 3.63) is 59.8 Å². The molecule has 2 aromatic rings. The van der Waals surface area contributed by atoms with Gasteiger partial charge in [0.2, 0.25) is 5.88 Å². The van der Waals surface area contributed by atoms with Crippen LogP contribution in [0.25, 0.3) is 0 Å². The number of carbonyl (C=O) groups is 2. The van der Waals surface area contributed by atoms with E-state index in [0.717, 1.165) is 12.8 Å². The summed E-state index contributed by atoms with van der Waals surface area (Å²) in [5.41, 5.74) is 1.43. The number of aryl methyl sites for hydroxylation is 1. The number of hydrogen-bond acceptors (Lipinski definition) is 5. The van der Waals surface area contributed by atoms with Crippen LogP contribution in [0.3, 0.4) is 0 Å². The fraction of sp³-hybridized carbons (Fsp3) is 0.350. The van der Waals surface area contributed by atoms with E-state index in [9.17, 15) is 9.59 Å². The lowest BCUT2D eigenvalue weighted by molar-refractivity contribution is -0.124. The Hall–Kier alpha value is -2.89. The van der Waals surface area contributed by atoms with Gasteiger partial charge in [-0.1, -0.05) is 30.3 Å². The summed E-state index contributed by atoms with van der Waals surface area (Å²) in [5.74, 6) is -0.758. The van der Waals surface area contributed by atoms with Crippen molar-refractivity contribution in [2.45, 2.75) is 32.7 Å². The Morgan fingerprint density at radius 2 is 1.92 bits per heavy atom. The maximum absolute atomic E-state index is 12.1. The first-order valence-electron chi connectivity index (χ1n) is 8.68. The molecule has 1 amide bonds. The minimum absolute atomic E-state index is 0.0150. The van der Waals surface area contributed by atoms with Crippen molar-refractivity contribution >= 4 is 11.9 Å². The van der Waals surface area contributed by atoms with Gasteiger partial charge in [-0.25, -0.2) is 9.78 Å². The van der Waals surface area contributed by atoms with Crippen LogP contribution in [0.15, 0.2) is 48.7 Å². The Labute approximate surface area is 153 Å². The van der Waals surface area contributed by atoms with Crippen molar-refractivity contribution in [3.8, 4) is 5.88 Å². The molecule has 6 nitrogen and oxygen atoms in total. The Morgan fingerprint density at radius 1 is 1.15 bits per heavy atom. The van der Waals surface area contributed by atoms with E-state index in [0.29, 0.717) is 6.61 Å². The third kappa shape index (κ3) is 6.20. The Kier molecular flexibility index (Phi) is 7.61. The zero-order chi connectivity index (χ0) is 18.8. The van der Waals surface area contributed by atoms with Crippen LogP contribution >= 0.6 is 0 Å². The molecule has 0 aliphatic carbocycles. The van der Waals surface area contributed by atoms with E-state index in [1.807, 2.05) is 25.1 Å². The largest absolute Gasteiger partial charge is 0.477 e. The molecule has 1 atom stereocenters. The highest BCUT2D eigenvalue weighted by atomic mass is 16.5. The van der Waals surface area contributed by atoms with Crippen molar-refractivity contribution < 1.29 is 19.1 Å². The second-order valence-corrected chi connectivity index (χ2v) is 5.86. The van der Waals surface area contributed by atoms with E-state index < -0.39 is 5.97 Å². The molecule has 1 aromatic carbocycles. The number of aromatic nitrogens is 1. The van der Waals surface area contributed by atoms with Gasteiger partial charge in [-0.3, -0.25) is 4.79 Å².